The third-order valence-electron chi connectivity index (χ3n) is 3.23. The predicted octanol–water partition coefficient (Wildman–Crippen LogP) is 2.39. The van der Waals surface area contributed by atoms with Gasteiger partial charge in [-0.15, -0.1) is 0 Å². The molecular formula is C16H21N3O2. The van der Waals surface area contributed by atoms with Crippen LogP contribution in [0, 0.1) is 0 Å². The van der Waals surface area contributed by atoms with E-state index in [4.69, 9.17) is 4.74 Å². The van der Waals surface area contributed by atoms with Gasteiger partial charge in [0.05, 0.1) is 6.54 Å². The number of ether oxygens (including phenoxy) is 1. The van der Waals surface area contributed by atoms with Crippen LogP contribution in [0.3, 0.4) is 0 Å². The van der Waals surface area contributed by atoms with Gasteiger partial charge in [0, 0.05) is 19.4 Å². The molecule has 0 bridgehead atoms. The quantitative estimate of drug-likeness (QED) is 0.829. The van der Waals surface area contributed by atoms with Crippen LogP contribution in [0.1, 0.15) is 25.3 Å². The molecule has 0 amide bonds. The molecule has 1 aromatic carbocycles. The van der Waals surface area contributed by atoms with Gasteiger partial charge >= 0.3 is 0 Å². The van der Waals surface area contributed by atoms with Crippen LogP contribution in [0.2, 0.25) is 0 Å². The Bertz CT molecular complexity index is 633. The number of hydrogen-bond donors (Lipinski definition) is 1. The van der Waals surface area contributed by atoms with Crippen LogP contribution >= 0.6 is 0 Å². The van der Waals surface area contributed by atoms with Crippen LogP contribution in [-0.4, -0.2) is 22.7 Å². The molecular weight excluding hydrogens is 266 g/mol. The molecule has 5 nitrogen and oxygen atoms in total. The molecule has 2 aromatic rings. The van der Waals surface area contributed by atoms with E-state index >= 15 is 0 Å². The SMILES string of the molecule is CC(C)c1ccc(OCCNc2nccn(C)c2=O)cc1. The number of anilines is 1. The molecule has 0 atom stereocenters. The first-order chi connectivity index (χ1) is 10.1. The summed E-state index contributed by atoms with van der Waals surface area (Å²) in [6.45, 7) is 5.32. The highest BCUT2D eigenvalue weighted by molar-refractivity contribution is 5.31. The maximum Gasteiger partial charge on any atom is 0.293 e. The van der Waals surface area contributed by atoms with Crippen molar-refractivity contribution in [2.75, 3.05) is 18.5 Å². The zero-order valence-electron chi connectivity index (χ0n) is 12.7. The van der Waals surface area contributed by atoms with Crippen LogP contribution in [0.15, 0.2) is 41.5 Å². The van der Waals surface area contributed by atoms with E-state index < -0.39 is 0 Å². The van der Waals surface area contributed by atoms with Crippen molar-refractivity contribution in [2.24, 2.45) is 7.05 Å². The molecule has 0 spiro atoms. The van der Waals surface area contributed by atoms with Gasteiger partial charge in [-0.05, 0) is 23.6 Å². The summed E-state index contributed by atoms with van der Waals surface area (Å²) in [6, 6.07) is 8.08. The molecule has 0 radical (unpaired) electrons. The van der Waals surface area contributed by atoms with E-state index in [1.54, 1.807) is 19.4 Å². The summed E-state index contributed by atoms with van der Waals surface area (Å²) < 4.78 is 7.12. The number of hydrogen-bond acceptors (Lipinski definition) is 4. The Morgan fingerprint density at radius 2 is 2.00 bits per heavy atom. The van der Waals surface area contributed by atoms with Crippen molar-refractivity contribution < 1.29 is 4.74 Å². The summed E-state index contributed by atoms with van der Waals surface area (Å²) in [5.41, 5.74) is 1.15. The summed E-state index contributed by atoms with van der Waals surface area (Å²) in [7, 11) is 1.70. The van der Waals surface area contributed by atoms with E-state index in [0.29, 0.717) is 24.9 Å². The third-order valence-corrected chi connectivity index (χ3v) is 3.23. The minimum Gasteiger partial charge on any atom is -0.492 e. The van der Waals surface area contributed by atoms with Crippen LogP contribution in [0.25, 0.3) is 0 Å². The number of nitrogens with one attached hydrogen (secondary N) is 1. The smallest absolute Gasteiger partial charge is 0.293 e. The fourth-order valence-electron chi connectivity index (χ4n) is 1.91. The van der Waals surface area contributed by atoms with Gasteiger partial charge in [0.25, 0.3) is 5.56 Å². The molecule has 1 heterocycles. The Labute approximate surface area is 124 Å². The summed E-state index contributed by atoms with van der Waals surface area (Å²) in [5.74, 6) is 1.69. The minimum atomic E-state index is -0.140. The number of aromatic nitrogens is 2. The Morgan fingerprint density at radius 1 is 1.29 bits per heavy atom. The first kappa shape index (κ1) is 15.1. The second-order valence-corrected chi connectivity index (χ2v) is 5.19. The lowest BCUT2D eigenvalue weighted by molar-refractivity contribution is 0.332. The minimum absolute atomic E-state index is 0.140. The lowest BCUT2D eigenvalue weighted by atomic mass is 10.0. The van der Waals surface area contributed by atoms with E-state index in [9.17, 15) is 4.79 Å². The van der Waals surface area contributed by atoms with Gasteiger partial charge < -0.3 is 14.6 Å². The second kappa shape index (κ2) is 6.92. The standard InChI is InChI=1S/C16H21N3O2/c1-12(2)13-4-6-14(7-5-13)21-11-9-18-15-16(20)19(3)10-8-17-15/h4-8,10,12H,9,11H2,1-3H3,(H,17,18). The van der Waals surface area contributed by atoms with E-state index in [1.807, 2.05) is 12.1 Å². The van der Waals surface area contributed by atoms with Crippen LogP contribution in [-0.2, 0) is 7.05 Å². The highest BCUT2D eigenvalue weighted by atomic mass is 16.5. The van der Waals surface area contributed by atoms with Crippen molar-refractivity contribution in [1.29, 1.82) is 0 Å². The number of nitrogens with zero attached hydrogens (tertiary/aromatic N) is 2. The van der Waals surface area contributed by atoms with Crippen LogP contribution in [0.5, 0.6) is 5.75 Å². The molecule has 112 valence electrons. The maximum absolute atomic E-state index is 11.7. The fourth-order valence-corrected chi connectivity index (χ4v) is 1.91. The van der Waals surface area contributed by atoms with Gasteiger partial charge in [-0.1, -0.05) is 26.0 Å². The molecule has 5 heteroatoms. The zero-order chi connectivity index (χ0) is 15.2. The predicted molar refractivity (Wildman–Crippen MR) is 84.0 cm³/mol. The number of rotatable bonds is 6. The van der Waals surface area contributed by atoms with E-state index in [1.165, 1.54) is 10.1 Å². The monoisotopic (exact) mass is 287 g/mol. The zero-order valence-corrected chi connectivity index (χ0v) is 12.7. The Kier molecular flexibility index (Phi) is 4.98. The van der Waals surface area contributed by atoms with Gasteiger partial charge in [-0.25, -0.2) is 4.98 Å². The summed E-state index contributed by atoms with van der Waals surface area (Å²) >= 11 is 0. The average molecular weight is 287 g/mol. The van der Waals surface area contributed by atoms with Crippen molar-refractivity contribution in [2.45, 2.75) is 19.8 Å². The molecule has 21 heavy (non-hydrogen) atoms. The van der Waals surface area contributed by atoms with Gasteiger partial charge in [-0.3, -0.25) is 4.79 Å². The summed E-state index contributed by atoms with van der Waals surface area (Å²) in [5, 5.41) is 2.98. The Morgan fingerprint density at radius 3 is 2.67 bits per heavy atom. The Balaban J connectivity index is 1.82. The lowest BCUT2D eigenvalue weighted by Gasteiger charge is -2.10. The average Bonchev–Trinajstić information content (AvgIpc) is 2.48. The highest BCUT2D eigenvalue weighted by Gasteiger charge is 2.02. The first-order valence-electron chi connectivity index (χ1n) is 7.06. The van der Waals surface area contributed by atoms with Gasteiger partial charge in [0.2, 0.25) is 0 Å². The summed E-state index contributed by atoms with van der Waals surface area (Å²) in [6.07, 6.45) is 3.22. The van der Waals surface area contributed by atoms with Crippen molar-refractivity contribution in [1.82, 2.24) is 9.55 Å². The molecule has 0 saturated carbocycles. The van der Waals surface area contributed by atoms with Crippen molar-refractivity contribution in [3.63, 3.8) is 0 Å². The topological polar surface area (TPSA) is 56.1 Å². The van der Waals surface area contributed by atoms with Gasteiger partial charge in [0.15, 0.2) is 5.82 Å². The number of benzene rings is 1. The molecule has 1 aromatic heterocycles. The molecule has 2 rings (SSSR count). The van der Waals surface area contributed by atoms with Crippen molar-refractivity contribution in [3.05, 3.63) is 52.6 Å². The van der Waals surface area contributed by atoms with Crippen molar-refractivity contribution >= 4 is 5.82 Å². The summed E-state index contributed by atoms with van der Waals surface area (Å²) in [4.78, 5) is 15.7. The first-order valence-corrected chi connectivity index (χ1v) is 7.06. The normalized spacial score (nSPS) is 10.7. The van der Waals surface area contributed by atoms with E-state index in [0.717, 1.165) is 5.75 Å². The maximum atomic E-state index is 11.7. The lowest BCUT2D eigenvalue weighted by Crippen LogP contribution is -2.24. The fraction of sp³-hybridized carbons (Fsp3) is 0.375. The van der Waals surface area contributed by atoms with E-state index in [2.05, 4.69) is 36.3 Å². The van der Waals surface area contributed by atoms with Gasteiger partial charge in [0.1, 0.15) is 12.4 Å². The molecule has 1 N–H and O–H groups in total. The molecule has 0 aliphatic rings. The van der Waals surface area contributed by atoms with Crippen LogP contribution in [0.4, 0.5) is 5.82 Å². The van der Waals surface area contributed by atoms with E-state index in [-0.39, 0.29) is 5.56 Å². The molecule has 0 aliphatic heterocycles. The highest BCUT2D eigenvalue weighted by Crippen LogP contribution is 2.18. The van der Waals surface area contributed by atoms with Gasteiger partial charge in [-0.2, -0.15) is 0 Å². The third kappa shape index (κ3) is 4.08. The largest absolute Gasteiger partial charge is 0.492 e. The van der Waals surface area contributed by atoms with Crippen molar-refractivity contribution in [3.8, 4) is 5.75 Å². The Hall–Kier alpha value is -2.30. The molecule has 0 saturated heterocycles. The number of aryl methyl sites for hydroxylation is 1. The molecule has 0 aliphatic carbocycles. The van der Waals surface area contributed by atoms with Crippen LogP contribution < -0.4 is 15.6 Å². The second-order valence-electron chi connectivity index (χ2n) is 5.19. The molecule has 0 unspecified atom stereocenters. The molecule has 0 fully saturated rings.